The maximum Gasteiger partial charge on any atom is 0.127 e. The highest BCUT2D eigenvalue weighted by Crippen LogP contribution is 2.34. The van der Waals surface area contributed by atoms with Crippen LogP contribution in [0.5, 0.6) is 5.75 Å². The van der Waals surface area contributed by atoms with Crippen molar-refractivity contribution < 1.29 is 4.74 Å². The Balaban J connectivity index is 0.000000686. The molecule has 1 nitrogen and oxygen atoms in total. The summed E-state index contributed by atoms with van der Waals surface area (Å²) in [4.78, 5) is 2.69. The Labute approximate surface area is 108 Å². The van der Waals surface area contributed by atoms with Gasteiger partial charge < -0.3 is 4.74 Å². The molecule has 1 heterocycles. The number of aryl methyl sites for hydroxylation is 1. The highest BCUT2D eigenvalue weighted by Gasteiger charge is 2.06. The molecule has 17 heavy (non-hydrogen) atoms. The third kappa shape index (κ3) is 3.34. The number of ether oxygens (including phenoxy) is 1. The smallest absolute Gasteiger partial charge is 0.127 e. The van der Waals surface area contributed by atoms with E-state index in [0.29, 0.717) is 0 Å². The van der Waals surface area contributed by atoms with E-state index in [2.05, 4.69) is 25.1 Å². The van der Waals surface area contributed by atoms with Crippen molar-refractivity contribution in [2.24, 2.45) is 0 Å². The van der Waals surface area contributed by atoms with E-state index in [-0.39, 0.29) is 0 Å². The molecular formula is C15H20OS. The highest BCUT2D eigenvalue weighted by atomic mass is 32.1. The van der Waals surface area contributed by atoms with Gasteiger partial charge in [0.25, 0.3) is 0 Å². The largest absolute Gasteiger partial charge is 0.496 e. The Hall–Kier alpha value is -1.28. The fraction of sp³-hybridized carbons (Fsp3) is 0.333. The molecule has 0 aliphatic rings. The van der Waals surface area contributed by atoms with Crippen LogP contribution >= 0.6 is 11.3 Å². The first-order valence-corrected chi connectivity index (χ1v) is 6.89. The van der Waals surface area contributed by atoms with E-state index in [1.807, 2.05) is 43.4 Å². The summed E-state index contributed by atoms with van der Waals surface area (Å²) in [5.41, 5.74) is 1.18. The molecule has 0 fully saturated rings. The number of thiophene rings is 1. The van der Waals surface area contributed by atoms with Crippen molar-refractivity contribution in [3.8, 4) is 16.2 Å². The first-order chi connectivity index (χ1) is 8.35. The Morgan fingerprint density at radius 1 is 1.06 bits per heavy atom. The third-order valence-electron chi connectivity index (χ3n) is 2.38. The van der Waals surface area contributed by atoms with Crippen LogP contribution < -0.4 is 4.74 Å². The molecule has 0 amide bonds. The summed E-state index contributed by atoms with van der Waals surface area (Å²) >= 11 is 1.84. The zero-order valence-electron chi connectivity index (χ0n) is 11.0. The lowest BCUT2D eigenvalue weighted by molar-refractivity contribution is 0.416. The van der Waals surface area contributed by atoms with E-state index in [4.69, 9.17) is 4.74 Å². The average Bonchev–Trinajstić information content (AvgIpc) is 2.89. The van der Waals surface area contributed by atoms with Crippen LogP contribution in [-0.4, -0.2) is 7.11 Å². The Bertz CT molecular complexity index is 446. The van der Waals surface area contributed by atoms with Crippen LogP contribution in [-0.2, 0) is 6.42 Å². The van der Waals surface area contributed by atoms with Gasteiger partial charge in [0.05, 0.1) is 7.11 Å². The van der Waals surface area contributed by atoms with E-state index in [0.717, 1.165) is 12.2 Å². The van der Waals surface area contributed by atoms with Gasteiger partial charge in [0.2, 0.25) is 0 Å². The van der Waals surface area contributed by atoms with E-state index >= 15 is 0 Å². The van der Waals surface area contributed by atoms with Crippen LogP contribution in [0.4, 0.5) is 0 Å². The molecule has 2 heteroatoms. The van der Waals surface area contributed by atoms with Gasteiger partial charge in [0.15, 0.2) is 0 Å². The zero-order chi connectivity index (χ0) is 12.7. The summed E-state index contributed by atoms with van der Waals surface area (Å²) < 4.78 is 5.35. The molecule has 1 aromatic heterocycles. The quantitative estimate of drug-likeness (QED) is 0.741. The Morgan fingerprint density at radius 3 is 2.35 bits per heavy atom. The number of para-hydroxylation sites is 1. The fourth-order valence-electron chi connectivity index (χ4n) is 1.56. The monoisotopic (exact) mass is 248 g/mol. The van der Waals surface area contributed by atoms with E-state index in [9.17, 15) is 0 Å². The molecule has 0 unspecified atom stereocenters. The molecule has 0 atom stereocenters. The minimum atomic E-state index is 0.946. The minimum Gasteiger partial charge on any atom is -0.496 e. The van der Waals surface area contributed by atoms with Gasteiger partial charge in [-0.1, -0.05) is 32.9 Å². The molecule has 0 bridgehead atoms. The van der Waals surface area contributed by atoms with Crippen molar-refractivity contribution in [3.05, 3.63) is 41.3 Å². The lowest BCUT2D eigenvalue weighted by atomic mass is 10.1. The number of benzene rings is 1. The molecule has 92 valence electrons. The summed E-state index contributed by atoms with van der Waals surface area (Å²) in [6.07, 6.45) is 1.10. The van der Waals surface area contributed by atoms with Crippen molar-refractivity contribution in [2.45, 2.75) is 27.2 Å². The van der Waals surface area contributed by atoms with Crippen molar-refractivity contribution in [2.75, 3.05) is 7.11 Å². The highest BCUT2D eigenvalue weighted by molar-refractivity contribution is 7.15. The standard InChI is InChI=1S/C13H14OS.C2H6/c1-3-10-8-9-13(15-10)11-6-4-5-7-12(11)14-2;1-2/h4-9H,3H2,1-2H3;1-2H3. The van der Waals surface area contributed by atoms with Gasteiger partial charge >= 0.3 is 0 Å². The topological polar surface area (TPSA) is 9.23 Å². The molecule has 2 aromatic rings. The third-order valence-corrected chi connectivity index (χ3v) is 3.65. The van der Waals surface area contributed by atoms with Crippen molar-refractivity contribution in [3.63, 3.8) is 0 Å². The lowest BCUT2D eigenvalue weighted by Crippen LogP contribution is -1.84. The Morgan fingerprint density at radius 2 is 1.76 bits per heavy atom. The molecule has 1 aromatic carbocycles. The zero-order valence-corrected chi connectivity index (χ0v) is 11.8. The Kier molecular flexibility index (Phi) is 5.78. The van der Waals surface area contributed by atoms with Gasteiger partial charge in [-0.05, 0) is 30.7 Å². The van der Waals surface area contributed by atoms with E-state index in [1.54, 1.807) is 7.11 Å². The minimum absolute atomic E-state index is 0.946. The lowest BCUT2D eigenvalue weighted by Gasteiger charge is -2.05. The molecule has 0 saturated carbocycles. The molecule has 0 aliphatic heterocycles. The van der Waals surface area contributed by atoms with E-state index < -0.39 is 0 Å². The number of rotatable bonds is 3. The number of methoxy groups -OCH3 is 1. The summed E-state index contributed by atoms with van der Waals surface area (Å²) in [5, 5.41) is 0. The molecule has 0 radical (unpaired) electrons. The fourth-order valence-corrected chi connectivity index (χ4v) is 2.54. The van der Waals surface area contributed by atoms with Crippen molar-refractivity contribution >= 4 is 11.3 Å². The second-order valence-electron chi connectivity index (χ2n) is 3.32. The number of hydrogen-bond acceptors (Lipinski definition) is 2. The maximum atomic E-state index is 5.35. The summed E-state index contributed by atoms with van der Waals surface area (Å²) in [6, 6.07) is 12.5. The van der Waals surface area contributed by atoms with Gasteiger partial charge in [0.1, 0.15) is 5.75 Å². The van der Waals surface area contributed by atoms with E-state index in [1.165, 1.54) is 15.3 Å². The predicted octanol–water partition coefficient (Wildman–Crippen LogP) is 5.01. The molecule has 0 N–H and O–H groups in total. The van der Waals surface area contributed by atoms with Crippen LogP contribution in [0, 0.1) is 0 Å². The maximum absolute atomic E-state index is 5.35. The first kappa shape index (κ1) is 13.8. The summed E-state index contributed by atoms with van der Waals surface area (Å²) in [6.45, 7) is 6.18. The van der Waals surface area contributed by atoms with Crippen LogP contribution in [0.2, 0.25) is 0 Å². The van der Waals surface area contributed by atoms with Crippen LogP contribution in [0.3, 0.4) is 0 Å². The van der Waals surface area contributed by atoms with Crippen molar-refractivity contribution in [1.29, 1.82) is 0 Å². The summed E-state index contributed by atoms with van der Waals surface area (Å²) in [7, 11) is 1.72. The average molecular weight is 248 g/mol. The SMILES string of the molecule is CC.CCc1ccc(-c2ccccc2OC)s1. The predicted molar refractivity (Wildman–Crippen MR) is 77.0 cm³/mol. The van der Waals surface area contributed by atoms with Gasteiger partial charge in [-0.3, -0.25) is 0 Å². The second-order valence-corrected chi connectivity index (χ2v) is 4.49. The van der Waals surface area contributed by atoms with Crippen molar-refractivity contribution in [1.82, 2.24) is 0 Å². The second kappa shape index (κ2) is 7.13. The van der Waals surface area contributed by atoms with Crippen LogP contribution in [0.15, 0.2) is 36.4 Å². The van der Waals surface area contributed by atoms with Crippen LogP contribution in [0.1, 0.15) is 25.6 Å². The van der Waals surface area contributed by atoms with Gasteiger partial charge in [-0.25, -0.2) is 0 Å². The number of hydrogen-bond donors (Lipinski definition) is 0. The molecular weight excluding hydrogens is 228 g/mol. The van der Waals surface area contributed by atoms with Gasteiger partial charge in [-0.2, -0.15) is 0 Å². The normalized spacial score (nSPS) is 9.41. The molecule has 2 rings (SSSR count). The molecule has 0 spiro atoms. The summed E-state index contributed by atoms with van der Waals surface area (Å²) in [5.74, 6) is 0.946. The molecule has 0 saturated heterocycles. The van der Waals surface area contributed by atoms with Gasteiger partial charge in [-0.15, -0.1) is 11.3 Å². The van der Waals surface area contributed by atoms with Gasteiger partial charge in [0, 0.05) is 15.3 Å². The first-order valence-electron chi connectivity index (χ1n) is 6.07. The molecule has 0 aliphatic carbocycles. The van der Waals surface area contributed by atoms with Crippen LogP contribution in [0.25, 0.3) is 10.4 Å².